The fourth-order valence-corrected chi connectivity index (χ4v) is 2.46. The molecule has 0 rings (SSSR count). The van der Waals surface area contributed by atoms with Gasteiger partial charge in [0.1, 0.15) is 0 Å². The average Bonchev–Trinajstić information content (AvgIpc) is 2.43. The van der Waals surface area contributed by atoms with E-state index in [1.807, 2.05) is 0 Å². The maximum atomic E-state index is 10.4. The molecule has 0 bridgehead atoms. The minimum atomic E-state index is -0.718. The molecule has 0 spiro atoms. The van der Waals surface area contributed by atoms with E-state index >= 15 is 0 Å². The number of carboxylic acids is 1. The van der Waals surface area contributed by atoms with Gasteiger partial charge in [-0.05, 0) is 31.6 Å². The van der Waals surface area contributed by atoms with Crippen LogP contribution in [0.25, 0.3) is 0 Å². The van der Waals surface area contributed by atoms with Crippen LogP contribution in [0.2, 0.25) is 0 Å². The third-order valence-corrected chi connectivity index (χ3v) is 3.78. The second-order valence-corrected chi connectivity index (χ2v) is 5.68. The van der Waals surface area contributed by atoms with Crippen molar-refractivity contribution < 1.29 is 20.1 Å². The molecule has 4 nitrogen and oxygen atoms in total. The molecule has 20 heavy (non-hydrogen) atoms. The highest BCUT2D eigenvalue weighted by Crippen LogP contribution is 2.18. The Labute approximate surface area is 123 Å². The van der Waals surface area contributed by atoms with E-state index in [2.05, 4.69) is 0 Å². The predicted molar refractivity (Wildman–Crippen MR) is 80.7 cm³/mol. The molecule has 0 amide bonds. The summed E-state index contributed by atoms with van der Waals surface area (Å²) >= 11 is 0. The standard InChI is InChI=1S/C16H32O4/c17-13-9-4-2-1-3-6-10-15(14-18)11-7-5-8-12-16(19)20/h15,17-18H,1-14H2,(H,19,20). The first-order valence-electron chi connectivity index (χ1n) is 8.14. The highest BCUT2D eigenvalue weighted by molar-refractivity contribution is 5.66. The summed E-state index contributed by atoms with van der Waals surface area (Å²) in [5.74, 6) is -0.331. The summed E-state index contributed by atoms with van der Waals surface area (Å²) in [7, 11) is 0. The van der Waals surface area contributed by atoms with Crippen LogP contribution in [-0.2, 0) is 4.79 Å². The number of carboxylic acid groups (broad SMARTS) is 1. The Morgan fingerprint density at radius 2 is 1.25 bits per heavy atom. The van der Waals surface area contributed by atoms with Gasteiger partial charge in [-0.25, -0.2) is 0 Å². The highest BCUT2D eigenvalue weighted by Gasteiger charge is 2.07. The molecule has 4 heteroatoms. The predicted octanol–water partition coefficient (Wildman–Crippen LogP) is 3.35. The fourth-order valence-electron chi connectivity index (χ4n) is 2.46. The molecule has 0 radical (unpaired) electrons. The maximum Gasteiger partial charge on any atom is 0.303 e. The summed E-state index contributed by atoms with van der Waals surface area (Å²) in [4.78, 5) is 10.4. The summed E-state index contributed by atoms with van der Waals surface area (Å²) in [6, 6.07) is 0. The molecule has 0 aliphatic rings. The van der Waals surface area contributed by atoms with E-state index in [0.717, 1.165) is 44.9 Å². The van der Waals surface area contributed by atoms with Gasteiger partial charge in [-0.1, -0.05) is 44.9 Å². The zero-order valence-corrected chi connectivity index (χ0v) is 12.7. The van der Waals surface area contributed by atoms with Crippen LogP contribution < -0.4 is 0 Å². The van der Waals surface area contributed by atoms with Crippen molar-refractivity contribution in [2.24, 2.45) is 5.92 Å². The zero-order valence-electron chi connectivity index (χ0n) is 12.7. The van der Waals surface area contributed by atoms with Crippen LogP contribution in [0.3, 0.4) is 0 Å². The van der Waals surface area contributed by atoms with Gasteiger partial charge in [0.05, 0.1) is 0 Å². The lowest BCUT2D eigenvalue weighted by atomic mass is 9.95. The summed E-state index contributed by atoms with van der Waals surface area (Å²) in [6.07, 6.45) is 11.9. The first kappa shape index (κ1) is 19.4. The molecule has 0 aromatic rings. The van der Waals surface area contributed by atoms with Crippen LogP contribution in [0.4, 0.5) is 0 Å². The number of carbonyl (C=O) groups is 1. The van der Waals surface area contributed by atoms with E-state index in [0.29, 0.717) is 12.5 Å². The Kier molecular flexibility index (Phi) is 14.3. The average molecular weight is 288 g/mol. The molecule has 0 aliphatic carbocycles. The van der Waals surface area contributed by atoms with Crippen LogP contribution in [0, 0.1) is 5.92 Å². The number of unbranched alkanes of at least 4 members (excludes halogenated alkanes) is 7. The zero-order chi connectivity index (χ0) is 15.1. The number of aliphatic hydroxyl groups excluding tert-OH is 2. The molecular weight excluding hydrogens is 256 g/mol. The van der Waals surface area contributed by atoms with E-state index in [-0.39, 0.29) is 13.0 Å². The summed E-state index contributed by atoms with van der Waals surface area (Å²) < 4.78 is 0. The molecule has 0 saturated carbocycles. The van der Waals surface area contributed by atoms with Crippen molar-refractivity contribution in [3.63, 3.8) is 0 Å². The van der Waals surface area contributed by atoms with Crippen LogP contribution in [-0.4, -0.2) is 34.5 Å². The first-order chi connectivity index (χ1) is 9.70. The Bertz CT molecular complexity index is 219. The lowest BCUT2D eigenvalue weighted by Crippen LogP contribution is -2.06. The second-order valence-electron chi connectivity index (χ2n) is 5.68. The molecule has 0 aromatic carbocycles. The number of aliphatic carboxylic acids is 1. The highest BCUT2D eigenvalue weighted by atomic mass is 16.4. The van der Waals surface area contributed by atoms with Crippen molar-refractivity contribution in [1.29, 1.82) is 0 Å². The van der Waals surface area contributed by atoms with Gasteiger partial charge in [-0.3, -0.25) is 4.79 Å². The summed E-state index contributed by atoms with van der Waals surface area (Å²) in [5.41, 5.74) is 0. The van der Waals surface area contributed by atoms with Gasteiger partial charge in [-0.2, -0.15) is 0 Å². The molecule has 3 N–H and O–H groups in total. The van der Waals surface area contributed by atoms with Gasteiger partial charge in [0.15, 0.2) is 0 Å². The van der Waals surface area contributed by atoms with E-state index in [1.54, 1.807) is 0 Å². The molecule has 0 aromatic heterocycles. The number of hydrogen-bond acceptors (Lipinski definition) is 3. The van der Waals surface area contributed by atoms with Crippen molar-refractivity contribution in [3.8, 4) is 0 Å². The third-order valence-electron chi connectivity index (χ3n) is 3.78. The summed E-state index contributed by atoms with van der Waals surface area (Å²) in [5, 5.41) is 26.5. The van der Waals surface area contributed by atoms with Gasteiger partial charge in [-0.15, -0.1) is 0 Å². The normalized spacial score (nSPS) is 12.5. The van der Waals surface area contributed by atoms with Crippen molar-refractivity contribution in [1.82, 2.24) is 0 Å². The van der Waals surface area contributed by atoms with E-state index in [4.69, 9.17) is 10.2 Å². The van der Waals surface area contributed by atoms with E-state index in [1.165, 1.54) is 25.7 Å². The van der Waals surface area contributed by atoms with Gasteiger partial charge < -0.3 is 15.3 Å². The monoisotopic (exact) mass is 288 g/mol. The van der Waals surface area contributed by atoms with Crippen molar-refractivity contribution >= 4 is 5.97 Å². The Hall–Kier alpha value is -0.610. The smallest absolute Gasteiger partial charge is 0.303 e. The van der Waals surface area contributed by atoms with Gasteiger partial charge in [0, 0.05) is 19.6 Å². The van der Waals surface area contributed by atoms with E-state index < -0.39 is 5.97 Å². The van der Waals surface area contributed by atoms with Crippen molar-refractivity contribution in [2.75, 3.05) is 13.2 Å². The molecule has 0 heterocycles. The maximum absolute atomic E-state index is 10.4. The molecule has 1 atom stereocenters. The van der Waals surface area contributed by atoms with Crippen LogP contribution in [0.1, 0.15) is 77.0 Å². The fraction of sp³-hybridized carbons (Fsp3) is 0.938. The largest absolute Gasteiger partial charge is 0.481 e. The van der Waals surface area contributed by atoms with Gasteiger partial charge in [0.2, 0.25) is 0 Å². The molecule has 1 unspecified atom stereocenters. The van der Waals surface area contributed by atoms with Crippen LogP contribution in [0.15, 0.2) is 0 Å². The quantitative estimate of drug-likeness (QED) is 0.404. The Morgan fingerprint density at radius 1 is 0.750 bits per heavy atom. The number of hydrogen-bond donors (Lipinski definition) is 3. The third kappa shape index (κ3) is 13.8. The minimum Gasteiger partial charge on any atom is -0.481 e. The van der Waals surface area contributed by atoms with Gasteiger partial charge >= 0.3 is 5.97 Å². The van der Waals surface area contributed by atoms with Crippen molar-refractivity contribution in [3.05, 3.63) is 0 Å². The number of aliphatic hydroxyl groups is 2. The van der Waals surface area contributed by atoms with Crippen LogP contribution in [0.5, 0.6) is 0 Å². The topological polar surface area (TPSA) is 77.8 Å². The lowest BCUT2D eigenvalue weighted by Gasteiger charge is -2.13. The Balaban J connectivity index is 3.36. The van der Waals surface area contributed by atoms with Gasteiger partial charge in [0.25, 0.3) is 0 Å². The van der Waals surface area contributed by atoms with Crippen molar-refractivity contribution in [2.45, 2.75) is 77.0 Å². The molecule has 0 aliphatic heterocycles. The minimum absolute atomic E-state index is 0.253. The SMILES string of the molecule is O=C(O)CCCCCC(CO)CCCCCCCCO. The summed E-state index contributed by atoms with van der Waals surface area (Å²) in [6.45, 7) is 0.553. The second kappa shape index (κ2) is 14.8. The lowest BCUT2D eigenvalue weighted by molar-refractivity contribution is -0.137. The molecule has 0 fully saturated rings. The first-order valence-corrected chi connectivity index (χ1v) is 8.14. The molecule has 0 saturated heterocycles. The van der Waals surface area contributed by atoms with Crippen LogP contribution >= 0.6 is 0 Å². The number of rotatable bonds is 15. The molecular formula is C16H32O4. The Morgan fingerprint density at radius 3 is 1.75 bits per heavy atom. The molecule has 120 valence electrons. The van der Waals surface area contributed by atoms with E-state index in [9.17, 15) is 9.90 Å².